The van der Waals surface area contributed by atoms with Crippen LogP contribution in [0.15, 0.2) is 60.0 Å². The summed E-state index contributed by atoms with van der Waals surface area (Å²) in [5.74, 6) is -0.165. The van der Waals surface area contributed by atoms with Gasteiger partial charge in [-0.05, 0) is 31.9 Å². The number of ether oxygens (including phenoxy) is 1. The van der Waals surface area contributed by atoms with Crippen molar-refractivity contribution in [3.05, 3.63) is 66.0 Å². The molecule has 0 radical (unpaired) electrons. The van der Waals surface area contributed by atoms with E-state index in [2.05, 4.69) is 10.1 Å². The third kappa shape index (κ3) is 5.83. The van der Waals surface area contributed by atoms with E-state index in [-0.39, 0.29) is 5.97 Å². The molecule has 1 heterocycles. The van der Waals surface area contributed by atoms with Gasteiger partial charge in [-0.15, -0.1) is 0 Å². The number of hydrogen-bond acceptors (Lipinski definition) is 5. The number of carbonyl (C=O) groups is 1. The minimum absolute atomic E-state index is 0.165. The lowest BCUT2D eigenvalue weighted by Gasteiger charge is -2.07. The molecular formula is C19H22N2O3. The van der Waals surface area contributed by atoms with Crippen LogP contribution in [-0.2, 0) is 14.4 Å². The van der Waals surface area contributed by atoms with Gasteiger partial charge in [0.25, 0.3) is 0 Å². The quantitative estimate of drug-likeness (QED) is 0.306. The number of unbranched alkanes of at least 4 members (excludes halogenated alkanes) is 1. The number of oxime groups is 1. The summed E-state index contributed by atoms with van der Waals surface area (Å²) in [4.78, 5) is 20.8. The zero-order valence-corrected chi connectivity index (χ0v) is 13.9. The minimum Gasteiger partial charge on any atom is -0.466 e. The number of hydrogen-bond donors (Lipinski definition) is 0. The van der Waals surface area contributed by atoms with Gasteiger partial charge in [-0.2, -0.15) is 0 Å². The average molecular weight is 326 g/mol. The van der Waals surface area contributed by atoms with Crippen molar-refractivity contribution in [3.8, 4) is 0 Å². The zero-order chi connectivity index (χ0) is 17.0. The molecule has 0 aliphatic rings. The molecule has 0 aliphatic heterocycles. The standard InChI is InChI=1S/C19H22N2O3/c1-2-23-18(22)12-6-7-14-24-21-19(16-9-4-3-5-10-16)17-11-8-13-20-15-17/h3-5,8-11,13,15H,2,6-7,12,14H2,1H3/b21-19-. The highest BCUT2D eigenvalue weighted by molar-refractivity contribution is 6.12. The van der Waals surface area contributed by atoms with Crippen LogP contribution in [0, 0.1) is 0 Å². The molecule has 24 heavy (non-hydrogen) atoms. The molecule has 0 atom stereocenters. The van der Waals surface area contributed by atoms with Gasteiger partial charge in [-0.1, -0.05) is 35.5 Å². The Bertz CT molecular complexity index is 601. The van der Waals surface area contributed by atoms with Crippen LogP contribution >= 0.6 is 0 Å². The monoisotopic (exact) mass is 326 g/mol. The lowest BCUT2D eigenvalue weighted by molar-refractivity contribution is -0.143. The third-order valence-electron chi connectivity index (χ3n) is 3.31. The van der Waals surface area contributed by atoms with Crippen molar-refractivity contribution in [1.29, 1.82) is 0 Å². The van der Waals surface area contributed by atoms with Crippen molar-refractivity contribution >= 4 is 11.7 Å². The van der Waals surface area contributed by atoms with Crippen LogP contribution in [0.1, 0.15) is 37.3 Å². The van der Waals surface area contributed by atoms with Crippen molar-refractivity contribution in [2.45, 2.75) is 26.2 Å². The fraction of sp³-hybridized carbons (Fsp3) is 0.316. The van der Waals surface area contributed by atoms with Crippen molar-refractivity contribution < 1.29 is 14.4 Å². The zero-order valence-electron chi connectivity index (χ0n) is 13.9. The maximum Gasteiger partial charge on any atom is 0.305 e. The average Bonchev–Trinajstić information content (AvgIpc) is 2.63. The summed E-state index contributed by atoms with van der Waals surface area (Å²) < 4.78 is 4.89. The molecule has 5 nitrogen and oxygen atoms in total. The largest absolute Gasteiger partial charge is 0.466 e. The molecular weight excluding hydrogens is 304 g/mol. The fourth-order valence-corrected chi connectivity index (χ4v) is 2.15. The van der Waals surface area contributed by atoms with Gasteiger partial charge < -0.3 is 9.57 Å². The Balaban J connectivity index is 1.91. The first-order valence-electron chi connectivity index (χ1n) is 8.12. The van der Waals surface area contributed by atoms with Crippen LogP contribution in [-0.4, -0.2) is 29.9 Å². The van der Waals surface area contributed by atoms with Gasteiger partial charge in [-0.3, -0.25) is 9.78 Å². The molecule has 0 spiro atoms. The lowest BCUT2D eigenvalue weighted by Crippen LogP contribution is -2.06. The van der Waals surface area contributed by atoms with Gasteiger partial charge in [0.1, 0.15) is 12.3 Å². The molecule has 1 aromatic carbocycles. The van der Waals surface area contributed by atoms with Crippen molar-refractivity contribution in [2.24, 2.45) is 5.16 Å². The van der Waals surface area contributed by atoms with E-state index in [1.807, 2.05) is 42.5 Å². The molecule has 0 amide bonds. The van der Waals surface area contributed by atoms with E-state index in [9.17, 15) is 4.79 Å². The van der Waals surface area contributed by atoms with Gasteiger partial charge in [0.05, 0.1) is 6.61 Å². The topological polar surface area (TPSA) is 60.8 Å². The molecule has 5 heteroatoms. The molecule has 1 aromatic heterocycles. The van der Waals surface area contributed by atoms with Crippen LogP contribution in [0.25, 0.3) is 0 Å². The Labute approximate surface area is 142 Å². The predicted octanol–water partition coefficient (Wildman–Crippen LogP) is 3.58. The minimum atomic E-state index is -0.165. The van der Waals surface area contributed by atoms with Crippen LogP contribution in [0.5, 0.6) is 0 Å². The predicted molar refractivity (Wildman–Crippen MR) is 92.8 cm³/mol. The first-order chi connectivity index (χ1) is 11.8. The molecule has 0 unspecified atom stereocenters. The number of nitrogens with zero attached hydrogens (tertiary/aromatic N) is 2. The van der Waals surface area contributed by atoms with E-state index in [1.54, 1.807) is 19.3 Å². The van der Waals surface area contributed by atoms with Gasteiger partial charge >= 0.3 is 5.97 Å². The van der Waals surface area contributed by atoms with Crippen LogP contribution in [0.2, 0.25) is 0 Å². The Hall–Kier alpha value is -2.69. The van der Waals surface area contributed by atoms with Crippen LogP contribution in [0.4, 0.5) is 0 Å². The molecule has 126 valence electrons. The smallest absolute Gasteiger partial charge is 0.305 e. The molecule has 2 aromatic rings. The van der Waals surface area contributed by atoms with Crippen molar-refractivity contribution in [1.82, 2.24) is 4.98 Å². The second-order valence-electron chi connectivity index (χ2n) is 5.14. The molecule has 0 N–H and O–H groups in total. The van der Waals surface area contributed by atoms with Gasteiger partial charge in [-0.25, -0.2) is 0 Å². The number of benzene rings is 1. The first kappa shape index (κ1) is 17.7. The van der Waals surface area contributed by atoms with E-state index in [0.717, 1.165) is 29.7 Å². The summed E-state index contributed by atoms with van der Waals surface area (Å²) in [6.45, 7) is 2.68. The SMILES string of the molecule is CCOC(=O)CCCCO/N=C(/c1ccccc1)c1cccnc1. The van der Waals surface area contributed by atoms with Crippen molar-refractivity contribution in [2.75, 3.05) is 13.2 Å². The second-order valence-corrected chi connectivity index (χ2v) is 5.14. The van der Waals surface area contributed by atoms with E-state index in [1.165, 1.54) is 0 Å². The number of esters is 1. The maximum atomic E-state index is 11.3. The Morgan fingerprint density at radius 3 is 2.58 bits per heavy atom. The molecule has 0 saturated heterocycles. The number of aromatic nitrogens is 1. The number of rotatable bonds is 9. The molecule has 0 aliphatic carbocycles. The van der Waals surface area contributed by atoms with Gasteiger partial charge in [0.15, 0.2) is 0 Å². The van der Waals surface area contributed by atoms with E-state index >= 15 is 0 Å². The summed E-state index contributed by atoms with van der Waals surface area (Å²) in [6, 6.07) is 13.7. The Morgan fingerprint density at radius 2 is 1.88 bits per heavy atom. The summed E-state index contributed by atoms with van der Waals surface area (Å²) in [6.07, 6.45) is 5.37. The Kier molecular flexibility index (Phi) is 7.47. The van der Waals surface area contributed by atoms with Crippen LogP contribution in [0.3, 0.4) is 0 Å². The molecule has 2 rings (SSSR count). The normalized spacial score (nSPS) is 11.1. The highest BCUT2D eigenvalue weighted by Crippen LogP contribution is 2.10. The van der Waals surface area contributed by atoms with E-state index in [4.69, 9.17) is 9.57 Å². The maximum absolute atomic E-state index is 11.3. The highest BCUT2D eigenvalue weighted by Gasteiger charge is 2.07. The molecule has 0 fully saturated rings. The third-order valence-corrected chi connectivity index (χ3v) is 3.31. The lowest BCUT2D eigenvalue weighted by atomic mass is 10.0. The summed E-state index contributed by atoms with van der Waals surface area (Å²) in [5, 5.41) is 4.28. The first-order valence-corrected chi connectivity index (χ1v) is 8.12. The van der Waals surface area contributed by atoms with Crippen molar-refractivity contribution in [3.63, 3.8) is 0 Å². The van der Waals surface area contributed by atoms with Gasteiger partial charge in [0.2, 0.25) is 0 Å². The van der Waals surface area contributed by atoms with Gasteiger partial charge in [0, 0.05) is 29.9 Å². The number of carbonyl (C=O) groups excluding carboxylic acids is 1. The van der Waals surface area contributed by atoms with E-state index in [0.29, 0.717) is 19.6 Å². The highest BCUT2D eigenvalue weighted by atomic mass is 16.6. The summed E-state index contributed by atoms with van der Waals surface area (Å²) in [7, 11) is 0. The molecule has 0 saturated carbocycles. The second kappa shape index (κ2) is 10.2. The van der Waals surface area contributed by atoms with Crippen LogP contribution < -0.4 is 0 Å². The summed E-state index contributed by atoms with van der Waals surface area (Å²) in [5.41, 5.74) is 2.61. The number of pyridine rings is 1. The van der Waals surface area contributed by atoms with E-state index < -0.39 is 0 Å². The fourth-order valence-electron chi connectivity index (χ4n) is 2.15. The summed E-state index contributed by atoms with van der Waals surface area (Å²) >= 11 is 0. The molecule has 0 bridgehead atoms. The Morgan fingerprint density at radius 1 is 1.08 bits per heavy atom.